The Morgan fingerprint density at radius 2 is 1.96 bits per heavy atom. The van der Waals surface area contributed by atoms with Gasteiger partial charge in [-0.1, -0.05) is 65.4 Å². The Hall–Kier alpha value is -3.21. The zero-order chi connectivity index (χ0) is 17.6. The highest BCUT2D eigenvalue weighted by atomic mass is 16.5. The van der Waals surface area contributed by atoms with Crippen molar-refractivity contribution >= 4 is 17.6 Å². The van der Waals surface area contributed by atoms with Gasteiger partial charge < -0.3 is 4.74 Å². The van der Waals surface area contributed by atoms with Gasteiger partial charge in [0.05, 0.1) is 25.4 Å². The van der Waals surface area contributed by atoms with Crippen LogP contribution < -0.4 is 0 Å². The highest BCUT2D eigenvalue weighted by molar-refractivity contribution is 6.20. The van der Waals surface area contributed by atoms with Crippen LogP contribution in [-0.4, -0.2) is 28.1 Å². The molecule has 0 saturated heterocycles. The standard InChI is InChI=1S/C20H19N3O2/c1-15-7-6-10-17(11-15)13-23-14-19(21-22-23)18(20(24)25-2)12-16-8-4-3-5-9-16/h3-12,14H,13H2,1-2H3. The monoisotopic (exact) mass is 333 g/mol. The Bertz CT molecular complexity index is 898. The number of nitrogens with zero attached hydrogens (tertiary/aromatic N) is 3. The van der Waals surface area contributed by atoms with E-state index in [0.717, 1.165) is 11.1 Å². The van der Waals surface area contributed by atoms with E-state index >= 15 is 0 Å². The molecule has 3 aromatic rings. The molecule has 0 fully saturated rings. The molecule has 0 atom stereocenters. The van der Waals surface area contributed by atoms with Crippen LogP contribution in [0.15, 0.2) is 60.8 Å². The van der Waals surface area contributed by atoms with Crippen molar-refractivity contribution in [1.82, 2.24) is 15.0 Å². The van der Waals surface area contributed by atoms with Crippen molar-refractivity contribution in [2.45, 2.75) is 13.5 Å². The lowest BCUT2D eigenvalue weighted by atomic mass is 10.1. The molecule has 0 saturated carbocycles. The van der Waals surface area contributed by atoms with E-state index in [2.05, 4.69) is 16.4 Å². The van der Waals surface area contributed by atoms with Gasteiger partial charge in [-0.3, -0.25) is 0 Å². The molecule has 0 aliphatic carbocycles. The second-order valence-corrected chi connectivity index (χ2v) is 5.75. The van der Waals surface area contributed by atoms with Crippen LogP contribution >= 0.6 is 0 Å². The van der Waals surface area contributed by atoms with E-state index in [4.69, 9.17) is 4.74 Å². The average Bonchev–Trinajstić information content (AvgIpc) is 3.08. The lowest BCUT2D eigenvalue weighted by Crippen LogP contribution is -2.04. The van der Waals surface area contributed by atoms with Crippen LogP contribution in [0, 0.1) is 6.92 Å². The molecule has 0 aliphatic rings. The van der Waals surface area contributed by atoms with E-state index < -0.39 is 5.97 Å². The maximum absolute atomic E-state index is 12.2. The number of carbonyl (C=O) groups is 1. The molecule has 1 aromatic heterocycles. The summed E-state index contributed by atoms with van der Waals surface area (Å²) in [5.41, 5.74) is 4.09. The first-order valence-corrected chi connectivity index (χ1v) is 7.97. The molecule has 1 heterocycles. The van der Waals surface area contributed by atoms with Crippen LogP contribution in [0.3, 0.4) is 0 Å². The first-order valence-electron chi connectivity index (χ1n) is 7.97. The summed E-state index contributed by atoms with van der Waals surface area (Å²) in [5.74, 6) is -0.438. The van der Waals surface area contributed by atoms with Crippen molar-refractivity contribution in [1.29, 1.82) is 0 Å². The third-order valence-electron chi connectivity index (χ3n) is 3.76. The highest BCUT2D eigenvalue weighted by Gasteiger charge is 2.16. The number of hydrogen-bond donors (Lipinski definition) is 0. The van der Waals surface area contributed by atoms with Crippen LogP contribution in [0.1, 0.15) is 22.4 Å². The number of benzene rings is 2. The summed E-state index contributed by atoms with van der Waals surface area (Å²) in [6.07, 6.45) is 3.51. The molecule has 5 heteroatoms. The number of methoxy groups -OCH3 is 1. The first kappa shape index (κ1) is 16.6. The number of ether oxygens (including phenoxy) is 1. The topological polar surface area (TPSA) is 57.0 Å². The molecule has 25 heavy (non-hydrogen) atoms. The van der Waals surface area contributed by atoms with Gasteiger partial charge in [0, 0.05) is 0 Å². The Morgan fingerprint density at radius 1 is 1.16 bits per heavy atom. The zero-order valence-electron chi connectivity index (χ0n) is 14.2. The molecule has 2 aromatic carbocycles. The minimum Gasteiger partial charge on any atom is -0.465 e. The molecule has 0 spiro atoms. The molecule has 3 rings (SSSR count). The molecule has 0 aliphatic heterocycles. The first-order chi connectivity index (χ1) is 12.2. The Balaban J connectivity index is 1.89. The smallest absolute Gasteiger partial charge is 0.340 e. The molecular formula is C20H19N3O2. The number of aromatic nitrogens is 3. The van der Waals surface area contributed by atoms with Crippen LogP contribution in [0.2, 0.25) is 0 Å². The normalized spacial score (nSPS) is 11.4. The number of rotatable bonds is 5. The maximum atomic E-state index is 12.2. The minimum absolute atomic E-state index is 0.379. The van der Waals surface area contributed by atoms with Crippen LogP contribution in [0.4, 0.5) is 0 Å². The lowest BCUT2D eigenvalue weighted by Gasteiger charge is -2.03. The summed E-state index contributed by atoms with van der Waals surface area (Å²) in [4.78, 5) is 12.2. The third-order valence-corrected chi connectivity index (χ3v) is 3.76. The summed E-state index contributed by atoms with van der Waals surface area (Å²) in [6.45, 7) is 2.64. The second-order valence-electron chi connectivity index (χ2n) is 5.75. The van der Waals surface area contributed by atoms with Crippen LogP contribution in [0.5, 0.6) is 0 Å². The van der Waals surface area contributed by atoms with Crippen molar-refractivity contribution in [2.24, 2.45) is 0 Å². The van der Waals surface area contributed by atoms with Gasteiger partial charge in [0.25, 0.3) is 0 Å². The van der Waals surface area contributed by atoms with Gasteiger partial charge in [-0.15, -0.1) is 5.10 Å². The molecule has 0 bridgehead atoms. The van der Waals surface area contributed by atoms with E-state index in [1.807, 2.05) is 55.5 Å². The largest absolute Gasteiger partial charge is 0.465 e. The van der Waals surface area contributed by atoms with Crippen molar-refractivity contribution in [3.63, 3.8) is 0 Å². The predicted octanol–water partition coefficient (Wildman–Crippen LogP) is 3.35. The quantitative estimate of drug-likeness (QED) is 0.531. The lowest BCUT2D eigenvalue weighted by molar-refractivity contribution is -0.133. The third kappa shape index (κ3) is 4.20. The molecule has 0 unspecified atom stereocenters. The maximum Gasteiger partial charge on any atom is 0.340 e. The minimum atomic E-state index is -0.438. The Morgan fingerprint density at radius 3 is 2.68 bits per heavy atom. The van der Waals surface area contributed by atoms with Gasteiger partial charge in [0.15, 0.2) is 0 Å². The van der Waals surface area contributed by atoms with Gasteiger partial charge in [0.1, 0.15) is 5.69 Å². The van der Waals surface area contributed by atoms with Gasteiger partial charge in [-0.05, 0) is 24.1 Å². The number of carbonyl (C=O) groups excluding carboxylic acids is 1. The van der Waals surface area contributed by atoms with E-state index in [9.17, 15) is 4.79 Å². The molecule has 0 radical (unpaired) electrons. The SMILES string of the molecule is COC(=O)C(=Cc1ccccc1)c1cn(Cc2cccc(C)c2)nn1. The van der Waals surface area contributed by atoms with Crippen molar-refractivity contribution in [2.75, 3.05) is 7.11 Å². The zero-order valence-corrected chi connectivity index (χ0v) is 14.2. The van der Waals surface area contributed by atoms with Gasteiger partial charge in [-0.2, -0.15) is 0 Å². The van der Waals surface area contributed by atoms with Gasteiger partial charge >= 0.3 is 5.97 Å². The van der Waals surface area contributed by atoms with E-state index in [0.29, 0.717) is 17.8 Å². The fourth-order valence-corrected chi connectivity index (χ4v) is 2.56. The molecule has 0 N–H and O–H groups in total. The van der Waals surface area contributed by atoms with Crippen molar-refractivity contribution < 1.29 is 9.53 Å². The van der Waals surface area contributed by atoms with Gasteiger partial charge in [0.2, 0.25) is 0 Å². The summed E-state index contributed by atoms with van der Waals surface area (Å²) in [6, 6.07) is 17.8. The van der Waals surface area contributed by atoms with Crippen LogP contribution in [-0.2, 0) is 16.1 Å². The molecular weight excluding hydrogens is 314 g/mol. The van der Waals surface area contributed by atoms with Gasteiger partial charge in [-0.25, -0.2) is 9.48 Å². The summed E-state index contributed by atoms with van der Waals surface area (Å²) in [5, 5.41) is 8.28. The average molecular weight is 333 g/mol. The number of aryl methyl sites for hydroxylation is 1. The Labute approximate surface area is 146 Å². The molecule has 5 nitrogen and oxygen atoms in total. The fraction of sp³-hybridized carbons (Fsp3) is 0.150. The Kier molecular flexibility index (Phi) is 5.04. The van der Waals surface area contributed by atoms with E-state index in [-0.39, 0.29) is 0 Å². The molecule has 0 amide bonds. The molecule has 126 valence electrons. The number of hydrogen-bond acceptors (Lipinski definition) is 4. The summed E-state index contributed by atoms with van der Waals surface area (Å²) in [7, 11) is 1.36. The summed E-state index contributed by atoms with van der Waals surface area (Å²) >= 11 is 0. The fourth-order valence-electron chi connectivity index (χ4n) is 2.56. The van der Waals surface area contributed by atoms with Crippen LogP contribution in [0.25, 0.3) is 11.6 Å². The second kappa shape index (κ2) is 7.57. The summed E-state index contributed by atoms with van der Waals surface area (Å²) < 4.78 is 6.61. The van der Waals surface area contributed by atoms with E-state index in [1.165, 1.54) is 12.7 Å². The predicted molar refractivity (Wildman–Crippen MR) is 96.6 cm³/mol. The highest BCUT2D eigenvalue weighted by Crippen LogP contribution is 2.18. The number of esters is 1. The van der Waals surface area contributed by atoms with Crippen molar-refractivity contribution in [3.8, 4) is 0 Å². The van der Waals surface area contributed by atoms with E-state index in [1.54, 1.807) is 17.0 Å². The van der Waals surface area contributed by atoms with Crippen molar-refractivity contribution in [3.05, 3.63) is 83.2 Å².